The van der Waals surface area contributed by atoms with Gasteiger partial charge in [-0.3, -0.25) is 24.0 Å². The molecule has 19 heteroatoms. The molecule has 1 saturated heterocycles. The Labute approximate surface area is 380 Å². The number of anilines is 4. The van der Waals surface area contributed by atoms with Gasteiger partial charge in [-0.25, -0.2) is 9.69 Å². The SMILES string of the molecule is CNc1ccc2sc(C(=O)N(C)C)cc2c1.COc1cc2c(cc1OCCCC(=O)Nc1cc(C=O)cn1C)N(C(=O)OCc1ccc(NC(=O)C(C)N)cc1)C(O)C1CCCN1C2=O. The number of nitrogens with two attached hydrogens (primary N) is 1. The van der Waals surface area contributed by atoms with Gasteiger partial charge in [0, 0.05) is 75.1 Å². The van der Waals surface area contributed by atoms with Gasteiger partial charge in [0.25, 0.3) is 11.8 Å². The largest absolute Gasteiger partial charge is 0.493 e. The molecule has 2 aromatic heterocycles. The summed E-state index contributed by atoms with van der Waals surface area (Å²) in [6.07, 6.45) is 1.59. The number of aliphatic hydroxyl groups excluding tert-OH is 1. The van der Waals surface area contributed by atoms with Gasteiger partial charge in [0.2, 0.25) is 11.8 Å². The minimum absolute atomic E-state index is 0.0622. The van der Waals surface area contributed by atoms with E-state index in [2.05, 4.69) is 22.0 Å². The Morgan fingerprint density at radius 2 is 1.75 bits per heavy atom. The molecule has 5 amide bonds. The van der Waals surface area contributed by atoms with Crippen LogP contribution in [0.3, 0.4) is 0 Å². The molecule has 1 fully saturated rings. The van der Waals surface area contributed by atoms with Gasteiger partial charge in [-0.05, 0) is 85.7 Å². The second-order valence-electron chi connectivity index (χ2n) is 15.7. The average molecular weight is 911 g/mol. The average Bonchev–Trinajstić information content (AvgIpc) is 4.04. The highest BCUT2D eigenvalue weighted by Crippen LogP contribution is 2.41. The van der Waals surface area contributed by atoms with Gasteiger partial charge in [-0.15, -0.1) is 11.3 Å². The van der Waals surface area contributed by atoms with Crippen molar-refractivity contribution in [1.29, 1.82) is 0 Å². The van der Waals surface area contributed by atoms with Gasteiger partial charge >= 0.3 is 6.09 Å². The van der Waals surface area contributed by atoms with Crippen LogP contribution in [0.5, 0.6) is 11.5 Å². The predicted octanol–water partition coefficient (Wildman–Crippen LogP) is 5.65. The van der Waals surface area contributed by atoms with Crippen LogP contribution in [0, 0.1) is 0 Å². The highest BCUT2D eigenvalue weighted by Gasteiger charge is 2.45. The summed E-state index contributed by atoms with van der Waals surface area (Å²) in [5.74, 6) is 0.000596. The Morgan fingerprint density at radius 1 is 1.02 bits per heavy atom. The maximum atomic E-state index is 13.7. The molecule has 3 unspecified atom stereocenters. The molecule has 0 saturated carbocycles. The van der Waals surface area contributed by atoms with Crippen LogP contribution < -0.4 is 36.1 Å². The van der Waals surface area contributed by atoms with Gasteiger partial charge in [0.15, 0.2) is 24.0 Å². The van der Waals surface area contributed by atoms with Crippen molar-refractivity contribution in [2.75, 3.05) is 62.3 Å². The number of ether oxygens (including phenoxy) is 3. The molecule has 5 aromatic rings. The van der Waals surface area contributed by atoms with E-state index in [0.29, 0.717) is 54.7 Å². The number of carbonyl (C=O) groups excluding carboxylic acids is 6. The summed E-state index contributed by atoms with van der Waals surface area (Å²) in [5, 5.41) is 21.2. The first kappa shape index (κ1) is 47.5. The maximum absolute atomic E-state index is 13.7. The second-order valence-corrected chi connectivity index (χ2v) is 16.8. The molecule has 3 aromatic carbocycles. The van der Waals surface area contributed by atoms with Gasteiger partial charge in [0.1, 0.15) is 12.4 Å². The third-order valence-corrected chi connectivity index (χ3v) is 11.9. The van der Waals surface area contributed by atoms with Gasteiger partial charge in [0.05, 0.1) is 41.9 Å². The molecule has 344 valence electrons. The smallest absolute Gasteiger partial charge is 0.416 e. The Balaban J connectivity index is 0.000000366. The summed E-state index contributed by atoms with van der Waals surface area (Å²) >= 11 is 1.53. The molecule has 0 radical (unpaired) electrons. The number of nitrogens with zero attached hydrogens (tertiary/aromatic N) is 4. The van der Waals surface area contributed by atoms with Crippen molar-refractivity contribution in [2.45, 2.75) is 57.5 Å². The summed E-state index contributed by atoms with van der Waals surface area (Å²) in [5.41, 5.74) is 8.48. The Bertz CT molecular complexity index is 2550. The molecular weight excluding hydrogens is 857 g/mol. The van der Waals surface area contributed by atoms with Gasteiger partial charge < -0.3 is 55.4 Å². The molecule has 18 nitrogen and oxygen atoms in total. The molecule has 4 heterocycles. The molecule has 7 rings (SSSR count). The lowest BCUT2D eigenvalue weighted by atomic mass is 10.1. The van der Waals surface area contributed by atoms with E-state index in [1.54, 1.807) is 79.0 Å². The number of amides is 5. The lowest BCUT2D eigenvalue weighted by molar-refractivity contribution is -0.117. The number of benzene rings is 3. The van der Waals surface area contributed by atoms with Crippen molar-refractivity contribution in [3.05, 3.63) is 94.5 Å². The third-order valence-electron chi connectivity index (χ3n) is 10.8. The number of fused-ring (bicyclic) bond motifs is 3. The van der Waals surface area contributed by atoms with Crippen molar-refractivity contribution in [1.82, 2.24) is 14.4 Å². The number of aldehydes is 1. The molecule has 6 N–H and O–H groups in total. The number of nitrogens with one attached hydrogen (secondary N) is 3. The predicted molar refractivity (Wildman–Crippen MR) is 248 cm³/mol. The topological polar surface area (TPSA) is 227 Å². The van der Waals surface area contributed by atoms with E-state index in [1.807, 2.05) is 25.2 Å². The van der Waals surface area contributed by atoms with Crippen molar-refractivity contribution in [3.63, 3.8) is 0 Å². The highest BCUT2D eigenvalue weighted by molar-refractivity contribution is 7.20. The van der Waals surface area contributed by atoms with Crippen LogP contribution >= 0.6 is 11.3 Å². The standard InChI is InChI=1S/C34H40N6O9.C12H14N2OS/c1-20(35)31(43)36-23-10-8-21(9-11-23)19-49-34(46)40-26-16-28(48-13-5-7-30(42)37-29-14-22(18-41)17-38(29)2)27(47-3)15-24(26)32(44)39-12-4-6-25(39)33(40)45;1-13-9-4-5-10-8(6-9)7-11(16-10)12(15)14(2)3/h8-11,14-18,20,25,33,45H,4-7,12-13,19,35H2,1-3H3,(H,36,43)(H,37,42);4-7,13H,1-3H3. The fourth-order valence-corrected chi connectivity index (χ4v) is 8.37. The lowest BCUT2D eigenvalue weighted by Crippen LogP contribution is -2.50. The van der Waals surface area contributed by atoms with Crippen LogP contribution in [0.15, 0.2) is 72.9 Å². The Hall–Kier alpha value is -6.96. The Morgan fingerprint density at radius 3 is 2.42 bits per heavy atom. The van der Waals surface area contributed by atoms with E-state index < -0.39 is 24.4 Å². The van der Waals surface area contributed by atoms with E-state index in [0.717, 1.165) is 25.6 Å². The van der Waals surface area contributed by atoms with Gasteiger partial charge in [-0.2, -0.15) is 0 Å². The molecule has 2 aliphatic heterocycles. The number of hydrogen-bond donors (Lipinski definition) is 5. The zero-order valence-corrected chi connectivity index (χ0v) is 37.9. The minimum atomic E-state index is -1.40. The van der Waals surface area contributed by atoms with Crippen LogP contribution in [-0.2, 0) is 28.0 Å². The van der Waals surface area contributed by atoms with E-state index in [4.69, 9.17) is 19.9 Å². The van der Waals surface area contributed by atoms with Crippen LogP contribution in [-0.4, -0.2) is 115 Å². The first-order chi connectivity index (χ1) is 31.1. The van der Waals surface area contributed by atoms with Crippen LogP contribution in [0.25, 0.3) is 10.1 Å². The zero-order valence-electron chi connectivity index (χ0n) is 37.1. The fraction of sp³-hybridized carbons (Fsp3) is 0.348. The Kier molecular flexibility index (Phi) is 15.5. The summed E-state index contributed by atoms with van der Waals surface area (Å²) < 4.78 is 19.9. The molecular formula is C46H54N8O10S. The van der Waals surface area contributed by atoms with E-state index >= 15 is 0 Å². The van der Waals surface area contributed by atoms with Gasteiger partial charge in [-0.1, -0.05) is 12.1 Å². The summed E-state index contributed by atoms with van der Waals surface area (Å²) in [6, 6.07) is 17.9. The summed E-state index contributed by atoms with van der Waals surface area (Å²) in [4.78, 5) is 79.6. The van der Waals surface area contributed by atoms with E-state index in [9.17, 15) is 33.9 Å². The third kappa shape index (κ3) is 11.2. The first-order valence-corrected chi connectivity index (χ1v) is 21.7. The number of carbonyl (C=O) groups is 6. The van der Waals surface area contributed by atoms with Crippen molar-refractivity contribution >= 4 is 80.3 Å². The van der Waals surface area contributed by atoms with Crippen LogP contribution in [0.4, 0.5) is 27.7 Å². The number of hydrogen-bond acceptors (Lipinski definition) is 13. The molecule has 0 aliphatic carbocycles. The number of rotatable bonds is 14. The molecule has 3 atom stereocenters. The maximum Gasteiger partial charge on any atom is 0.416 e. The van der Waals surface area contributed by atoms with E-state index in [-0.39, 0.29) is 66.0 Å². The minimum Gasteiger partial charge on any atom is -0.493 e. The van der Waals surface area contributed by atoms with Crippen molar-refractivity contribution < 1.29 is 48.1 Å². The molecule has 2 aliphatic rings. The molecule has 0 spiro atoms. The first-order valence-electron chi connectivity index (χ1n) is 20.9. The summed E-state index contributed by atoms with van der Waals surface area (Å²) in [6.45, 7) is 1.92. The number of aromatic nitrogens is 1. The van der Waals surface area contributed by atoms with E-state index in [1.165, 1.54) is 30.6 Å². The van der Waals surface area contributed by atoms with Crippen molar-refractivity contribution in [2.24, 2.45) is 12.8 Å². The second kappa shape index (κ2) is 21.1. The number of aliphatic hydroxyl groups is 1. The zero-order chi connectivity index (χ0) is 46.9. The lowest BCUT2D eigenvalue weighted by Gasteiger charge is -2.31. The molecule has 0 bridgehead atoms. The van der Waals surface area contributed by atoms with Crippen LogP contribution in [0.1, 0.15) is 68.6 Å². The fourth-order valence-electron chi connectivity index (χ4n) is 7.30. The molecule has 65 heavy (non-hydrogen) atoms. The number of aryl methyl sites for hydroxylation is 1. The summed E-state index contributed by atoms with van der Waals surface area (Å²) in [7, 11) is 8.56. The normalized spacial score (nSPS) is 15.7. The highest BCUT2D eigenvalue weighted by atomic mass is 32.1. The quantitative estimate of drug-likeness (QED) is 0.0673. The van der Waals surface area contributed by atoms with Crippen LogP contribution in [0.2, 0.25) is 0 Å². The number of methoxy groups -OCH3 is 1. The number of thiophene rings is 1. The van der Waals surface area contributed by atoms with Crippen molar-refractivity contribution in [3.8, 4) is 11.5 Å². The monoisotopic (exact) mass is 910 g/mol.